The van der Waals surface area contributed by atoms with Gasteiger partial charge < -0.3 is 0 Å². The number of hydrogen-bond acceptors (Lipinski definition) is 2. The Balaban J connectivity index is 1.63. The molecule has 2 nitrogen and oxygen atoms in total. The fourth-order valence-corrected chi connectivity index (χ4v) is 6.13. The van der Waals surface area contributed by atoms with Crippen molar-refractivity contribution in [3.05, 3.63) is 113 Å². The molecule has 0 fully saturated rings. The van der Waals surface area contributed by atoms with Gasteiger partial charge in [-0.3, -0.25) is 4.98 Å². The molecule has 0 saturated heterocycles. The Bertz CT molecular complexity index is 1790. The largest absolute Gasteiger partial charge is 0.255 e. The first kappa shape index (κ1) is 30.2. The Morgan fingerprint density at radius 1 is 0.674 bits per heavy atom. The van der Waals surface area contributed by atoms with Gasteiger partial charge in [0.1, 0.15) is 6.07 Å². The lowest BCUT2D eigenvalue weighted by molar-refractivity contribution is 0.596. The van der Waals surface area contributed by atoms with Crippen LogP contribution in [0.3, 0.4) is 0 Å². The van der Waals surface area contributed by atoms with E-state index in [2.05, 4.69) is 147 Å². The number of pyridine rings is 1. The summed E-state index contributed by atoms with van der Waals surface area (Å²) in [4.78, 5) is 4.76. The molecule has 0 radical (unpaired) electrons. The zero-order valence-corrected chi connectivity index (χ0v) is 27.2. The second-order valence-electron chi connectivity index (χ2n) is 13.8. The quantitative estimate of drug-likeness (QED) is 0.206. The summed E-state index contributed by atoms with van der Waals surface area (Å²) in [6.45, 7) is 20.5. The highest BCUT2D eigenvalue weighted by atomic mass is 14.7. The molecule has 5 rings (SSSR count). The van der Waals surface area contributed by atoms with E-state index in [1.165, 1.54) is 44.2 Å². The molecule has 43 heavy (non-hydrogen) atoms. The third-order valence-corrected chi connectivity index (χ3v) is 8.61. The molecule has 218 valence electrons. The minimum atomic E-state index is -0.0160. The summed E-state index contributed by atoms with van der Waals surface area (Å²) in [5.74, 6) is 1.32. The second kappa shape index (κ2) is 11.8. The maximum atomic E-state index is 10.0. The standard InChI is InChI=1S/C41H44N2/c1-25(2)31-19-35(26(3)4)40(36(20-31)27(5)6)29-16-14-28(15-17-29)37-22-39(43-24-33(37)23-42)32-18-30-12-10-11-13-34(30)38(21-32)41(7,8)9/h10-22,24-27H,1-9H3. The van der Waals surface area contributed by atoms with Crippen molar-refractivity contribution in [2.75, 3.05) is 0 Å². The Morgan fingerprint density at radius 3 is 1.84 bits per heavy atom. The number of nitriles is 1. The van der Waals surface area contributed by atoms with Crippen LogP contribution in [0.4, 0.5) is 0 Å². The highest BCUT2D eigenvalue weighted by molar-refractivity contribution is 5.91. The van der Waals surface area contributed by atoms with Gasteiger partial charge in [-0.05, 0) is 91.1 Å². The number of benzene rings is 4. The van der Waals surface area contributed by atoms with Crippen LogP contribution >= 0.6 is 0 Å². The van der Waals surface area contributed by atoms with Crippen LogP contribution in [0.1, 0.15) is 108 Å². The van der Waals surface area contributed by atoms with Crippen LogP contribution in [-0.2, 0) is 5.41 Å². The van der Waals surface area contributed by atoms with E-state index in [-0.39, 0.29) is 5.41 Å². The summed E-state index contributed by atoms with van der Waals surface area (Å²) < 4.78 is 0. The number of nitrogens with zero attached hydrogens (tertiary/aromatic N) is 2. The van der Waals surface area contributed by atoms with Crippen LogP contribution in [0.2, 0.25) is 0 Å². The summed E-state index contributed by atoms with van der Waals surface area (Å²) in [6, 6.07) is 31.1. The van der Waals surface area contributed by atoms with Crippen molar-refractivity contribution in [2.24, 2.45) is 0 Å². The average Bonchev–Trinajstić information content (AvgIpc) is 2.99. The minimum Gasteiger partial charge on any atom is -0.255 e. The number of rotatable bonds is 6. The predicted molar refractivity (Wildman–Crippen MR) is 184 cm³/mol. The van der Waals surface area contributed by atoms with Crippen LogP contribution in [0.5, 0.6) is 0 Å². The van der Waals surface area contributed by atoms with Gasteiger partial charge >= 0.3 is 0 Å². The molecule has 0 amide bonds. The third kappa shape index (κ3) is 6.00. The van der Waals surface area contributed by atoms with Crippen LogP contribution in [0, 0.1) is 11.3 Å². The van der Waals surface area contributed by atoms with Crippen LogP contribution in [0.15, 0.2) is 85.1 Å². The first-order valence-electron chi connectivity index (χ1n) is 15.6. The lowest BCUT2D eigenvalue weighted by atomic mass is 9.81. The second-order valence-corrected chi connectivity index (χ2v) is 13.8. The Morgan fingerprint density at radius 2 is 1.28 bits per heavy atom. The van der Waals surface area contributed by atoms with Crippen molar-refractivity contribution >= 4 is 10.8 Å². The molecule has 0 bridgehead atoms. The van der Waals surface area contributed by atoms with Gasteiger partial charge in [-0.15, -0.1) is 0 Å². The van der Waals surface area contributed by atoms with Gasteiger partial charge in [0.2, 0.25) is 0 Å². The number of fused-ring (bicyclic) bond motifs is 1. The number of aromatic nitrogens is 1. The maximum absolute atomic E-state index is 10.0. The van der Waals surface area contributed by atoms with Crippen LogP contribution in [0.25, 0.3) is 44.3 Å². The molecule has 0 spiro atoms. The fraction of sp³-hybridized carbons (Fsp3) is 0.317. The lowest BCUT2D eigenvalue weighted by Crippen LogP contribution is -2.12. The molecule has 0 aliphatic carbocycles. The van der Waals surface area contributed by atoms with E-state index in [1.54, 1.807) is 6.20 Å². The molecule has 5 aromatic rings. The Labute approximate surface area is 258 Å². The Hall–Kier alpha value is -4.22. The van der Waals surface area contributed by atoms with E-state index < -0.39 is 0 Å². The first-order valence-corrected chi connectivity index (χ1v) is 15.6. The van der Waals surface area contributed by atoms with Gasteiger partial charge in [0.05, 0.1) is 11.3 Å². The molecule has 0 aliphatic rings. The van der Waals surface area contributed by atoms with Gasteiger partial charge in [0, 0.05) is 17.3 Å². The van der Waals surface area contributed by atoms with Crippen LogP contribution < -0.4 is 0 Å². The lowest BCUT2D eigenvalue weighted by Gasteiger charge is -2.23. The molecule has 1 heterocycles. The normalized spacial score (nSPS) is 12.0. The monoisotopic (exact) mass is 564 g/mol. The van der Waals surface area contributed by atoms with Crippen molar-refractivity contribution in [2.45, 2.75) is 85.5 Å². The highest BCUT2D eigenvalue weighted by Gasteiger charge is 2.21. The zero-order valence-electron chi connectivity index (χ0n) is 27.2. The van der Waals surface area contributed by atoms with E-state index in [0.717, 1.165) is 22.4 Å². The highest BCUT2D eigenvalue weighted by Crippen LogP contribution is 2.40. The van der Waals surface area contributed by atoms with E-state index in [9.17, 15) is 5.26 Å². The van der Waals surface area contributed by atoms with Gasteiger partial charge in [-0.25, -0.2) is 0 Å². The van der Waals surface area contributed by atoms with Gasteiger partial charge in [-0.1, -0.05) is 123 Å². The van der Waals surface area contributed by atoms with E-state index in [0.29, 0.717) is 23.3 Å². The Kier molecular flexibility index (Phi) is 8.31. The molecule has 1 aromatic heterocycles. The predicted octanol–water partition coefficient (Wildman–Crippen LogP) is 11.8. The van der Waals surface area contributed by atoms with Crippen molar-refractivity contribution in [1.82, 2.24) is 4.98 Å². The molecule has 4 aromatic carbocycles. The van der Waals surface area contributed by atoms with Crippen molar-refractivity contribution < 1.29 is 0 Å². The molecule has 0 aliphatic heterocycles. The fourth-order valence-electron chi connectivity index (χ4n) is 6.13. The molecule has 0 saturated carbocycles. The van der Waals surface area contributed by atoms with Gasteiger partial charge in [0.15, 0.2) is 0 Å². The third-order valence-electron chi connectivity index (χ3n) is 8.61. The number of hydrogen-bond donors (Lipinski definition) is 0. The maximum Gasteiger partial charge on any atom is 0.101 e. The molecule has 0 N–H and O–H groups in total. The molecule has 2 heteroatoms. The summed E-state index contributed by atoms with van der Waals surface area (Å²) in [7, 11) is 0. The molecule has 0 unspecified atom stereocenters. The molecular weight excluding hydrogens is 520 g/mol. The summed E-state index contributed by atoms with van der Waals surface area (Å²) in [5, 5.41) is 12.5. The first-order chi connectivity index (χ1) is 20.4. The summed E-state index contributed by atoms with van der Waals surface area (Å²) in [6.07, 6.45) is 1.73. The smallest absolute Gasteiger partial charge is 0.101 e. The molecule has 0 atom stereocenters. The van der Waals surface area contributed by atoms with E-state index in [4.69, 9.17) is 4.98 Å². The topological polar surface area (TPSA) is 36.7 Å². The van der Waals surface area contributed by atoms with E-state index in [1.807, 2.05) is 0 Å². The zero-order chi connectivity index (χ0) is 31.1. The summed E-state index contributed by atoms with van der Waals surface area (Å²) >= 11 is 0. The van der Waals surface area contributed by atoms with Gasteiger partial charge in [-0.2, -0.15) is 5.26 Å². The summed E-state index contributed by atoms with van der Waals surface area (Å²) in [5.41, 5.74) is 12.5. The molecular formula is C41H44N2. The van der Waals surface area contributed by atoms with Crippen molar-refractivity contribution in [3.63, 3.8) is 0 Å². The van der Waals surface area contributed by atoms with Crippen molar-refractivity contribution in [1.29, 1.82) is 5.26 Å². The SMILES string of the molecule is CC(C)c1cc(C(C)C)c(-c2ccc(-c3cc(-c4cc(C(C)(C)C)c5ccccc5c4)ncc3C#N)cc2)c(C(C)C)c1. The van der Waals surface area contributed by atoms with Crippen LogP contribution in [-0.4, -0.2) is 4.98 Å². The van der Waals surface area contributed by atoms with E-state index >= 15 is 0 Å². The van der Waals surface area contributed by atoms with Gasteiger partial charge in [0.25, 0.3) is 0 Å². The average molecular weight is 565 g/mol. The minimum absolute atomic E-state index is 0.0160. The van der Waals surface area contributed by atoms with Crippen molar-refractivity contribution in [3.8, 4) is 39.6 Å².